The van der Waals surface area contributed by atoms with Crippen LogP contribution in [-0.2, 0) is 0 Å². The lowest BCUT2D eigenvalue weighted by molar-refractivity contribution is 1.18. The van der Waals surface area contributed by atoms with Gasteiger partial charge in [-0.05, 0) is 82.9 Å². The van der Waals surface area contributed by atoms with Gasteiger partial charge < -0.3 is 9.13 Å². The number of rotatable bonds is 4. The summed E-state index contributed by atoms with van der Waals surface area (Å²) in [6.45, 7) is 0. The van der Waals surface area contributed by atoms with Crippen molar-refractivity contribution in [2.24, 2.45) is 0 Å². The SMILES string of the molecule is c1ccc(-c2ccc(-n3c4ccccc4c4cc(-c5ccc6c(c5)c5ccc7c8ccccc8sc7c5n6-c5ccccc5)ccc43)cc2)cc1. The number of para-hydroxylation sites is 2. The molecule has 238 valence electrons. The van der Waals surface area contributed by atoms with E-state index in [-0.39, 0.29) is 0 Å². The van der Waals surface area contributed by atoms with Crippen LogP contribution in [0, 0.1) is 0 Å². The first kappa shape index (κ1) is 28.4. The van der Waals surface area contributed by atoms with Crippen LogP contribution in [0.2, 0.25) is 0 Å². The molecule has 11 rings (SSSR count). The monoisotopic (exact) mass is 666 g/mol. The van der Waals surface area contributed by atoms with E-state index in [2.05, 4.69) is 191 Å². The van der Waals surface area contributed by atoms with Crippen LogP contribution in [0.4, 0.5) is 0 Å². The van der Waals surface area contributed by atoms with Gasteiger partial charge in [-0.15, -0.1) is 11.3 Å². The zero-order chi connectivity index (χ0) is 33.5. The number of hydrogen-bond donors (Lipinski definition) is 0. The van der Waals surface area contributed by atoms with E-state index in [1.165, 1.54) is 91.7 Å². The van der Waals surface area contributed by atoms with Crippen molar-refractivity contribution >= 4 is 75.1 Å². The summed E-state index contributed by atoms with van der Waals surface area (Å²) in [7, 11) is 0. The average Bonchev–Trinajstić information content (AvgIpc) is 3.86. The molecule has 2 nitrogen and oxygen atoms in total. The van der Waals surface area contributed by atoms with E-state index < -0.39 is 0 Å². The highest BCUT2D eigenvalue weighted by atomic mass is 32.1. The van der Waals surface area contributed by atoms with Gasteiger partial charge in [0.2, 0.25) is 0 Å². The fourth-order valence-electron chi connectivity index (χ4n) is 8.17. The fraction of sp³-hybridized carbons (Fsp3) is 0. The summed E-state index contributed by atoms with van der Waals surface area (Å²) in [5.74, 6) is 0. The van der Waals surface area contributed by atoms with Crippen molar-refractivity contribution in [3.63, 3.8) is 0 Å². The Labute approximate surface area is 298 Å². The number of aromatic nitrogens is 2. The van der Waals surface area contributed by atoms with E-state index in [4.69, 9.17) is 0 Å². The maximum atomic E-state index is 2.46. The highest BCUT2D eigenvalue weighted by Crippen LogP contribution is 2.44. The minimum Gasteiger partial charge on any atom is -0.309 e. The molecule has 0 bridgehead atoms. The quantitative estimate of drug-likeness (QED) is 0.177. The van der Waals surface area contributed by atoms with Crippen LogP contribution in [0.25, 0.3) is 97.4 Å². The molecule has 0 saturated heterocycles. The highest BCUT2D eigenvalue weighted by Gasteiger charge is 2.19. The largest absolute Gasteiger partial charge is 0.309 e. The molecule has 0 N–H and O–H groups in total. The predicted molar refractivity (Wildman–Crippen MR) is 219 cm³/mol. The Kier molecular flexibility index (Phi) is 6.16. The minimum absolute atomic E-state index is 1.16. The molecule has 0 aliphatic rings. The van der Waals surface area contributed by atoms with E-state index in [1.807, 2.05) is 11.3 Å². The Morgan fingerprint density at radius 2 is 0.843 bits per heavy atom. The Morgan fingerprint density at radius 1 is 0.314 bits per heavy atom. The molecule has 0 spiro atoms. The number of benzene rings is 8. The van der Waals surface area contributed by atoms with E-state index in [0.717, 1.165) is 5.69 Å². The molecular formula is C48H30N2S. The Bertz CT molecular complexity index is 3110. The molecule has 0 aliphatic carbocycles. The summed E-state index contributed by atoms with van der Waals surface area (Å²) in [5, 5.41) is 7.71. The number of hydrogen-bond acceptors (Lipinski definition) is 1. The third-order valence-electron chi connectivity index (χ3n) is 10.5. The average molecular weight is 667 g/mol. The summed E-state index contributed by atoms with van der Waals surface area (Å²) >= 11 is 1.90. The Balaban J connectivity index is 1.10. The first-order chi connectivity index (χ1) is 25.3. The lowest BCUT2D eigenvalue weighted by atomic mass is 10.0. The predicted octanol–water partition coefficient (Wildman–Crippen LogP) is 13.6. The van der Waals surface area contributed by atoms with Gasteiger partial charge >= 0.3 is 0 Å². The van der Waals surface area contributed by atoms with Gasteiger partial charge in [-0.3, -0.25) is 0 Å². The van der Waals surface area contributed by atoms with E-state index in [9.17, 15) is 0 Å². The molecule has 51 heavy (non-hydrogen) atoms. The molecule has 0 amide bonds. The summed E-state index contributed by atoms with van der Waals surface area (Å²) in [6, 6.07) is 66.5. The molecular weight excluding hydrogens is 637 g/mol. The Morgan fingerprint density at radius 3 is 1.61 bits per heavy atom. The van der Waals surface area contributed by atoms with Crippen molar-refractivity contribution in [1.82, 2.24) is 9.13 Å². The van der Waals surface area contributed by atoms with Gasteiger partial charge in [0.05, 0.1) is 26.8 Å². The second kappa shape index (κ2) is 11.0. The summed E-state index contributed by atoms with van der Waals surface area (Å²) < 4.78 is 7.52. The zero-order valence-corrected chi connectivity index (χ0v) is 28.4. The molecule has 3 aromatic heterocycles. The van der Waals surface area contributed by atoms with Gasteiger partial charge in [0, 0.05) is 48.4 Å². The lowest BCUT2D eigenvalue weighted by Crippen LogP contribution is -1.94. The van der Waals surface area contributed by atoms with Crippen LogP contribution in [-0.4, -0.2) is 9.13 Å². The molecule has 11 aromatic rings. The van der Waals surface area contributed by atoms with Crippen molar-refractivity contribution in [2.75, 3.05) is 0 Å². The first-order valence-electron chi connectivity index (χ1n) is 17.4. The number of nitrogens with zero attached hydrogens (tertiary/aromatic N) is 2. The van der Waals surface area contributed by atoms with Gasteiger partial charge in [-0.2, -0.15) is 0 Å². The first-order valence-corrected chi connectivity index (χ1v) is 18.3. The second-order valence-corrected chi connectivity index (χ2v) is 14.4. The van der Waals surface area contributed by atoms with Gasteiger partial charge in [0.25, 0.3) is 0 Å². The number of thiophene rings is 1. The van der Waals surface area contributed by atoms with Gasteiger partial charge in [0.15, 0.2) is 0 Å². The van der Waals surface area contributed by atoms with E-state index in [1.54, 1.807) is 0 Å². The molecule has 0 unspecified atom stereocenters. The minimum atomic E-state index is 1.16. The van der Waals surface area contributed by atoms with Gasteiger partial charge in [0.1, 0.15) is 0 Å². The van der Waals surface area contributed by atoms with E-state index >= 15 is 0 Å². The molecule has 0 fully saturated rings. The maximum Gasteiger partial charge on any atom is 0.0719 e. The van der Waals surface area contributed by atoms with Crippen LogP contribution in [0.3, 0.4) is 0 Å². The van der Waals surface area contributed by atoms with Crippen LogP contribution in [0.1, 0.15) is 0 Å². The third-order valence-corrected chi connectivity index (χ3v) is 11.7. The van der Waals surface area contributed by atoms with E-state index in [0.29, 0.717) is 0 Å². The molecule has 0 atom stereocenters. The molecule has 0 radical (unpaired) electrons. The second-order valence-electron chi connectivity index (χ2n) is 13.3. The van der Waals surface area contributed by atoms with Crippen LogP contribution < -0.4 is 0 Å². The topological polar surface area (TPSA) is 9.86 Å². The van der Waals surface area contributed by atoms with Gasteiger partial charge in [-0.1, -0.05) is 121 Å². The summed E-state index contributed by atoms with van der Waals surface area (Å²) in [5.41, 5.74) is 12.2. The van der Waals surface area contributed by atoms with Crippen molar-refractivity contribution < 1.29 is 0 Å². The summed E-state index contributed by atoms with van der Waals surface area (Å²) in [4.78, 5) is 0. The van der Waals surface area contributed by atoms with Crippen LogP contribution in [0.5, 0.6) is 0 Å². The van der Waals surface area contributed by atoms with Crippen molar-refractivity contribution in [2.45, 2.75) is 0 Å². The molecule has 3 heteroatoms. The van der Waals surface area contributed by atoms with Crippen LogP contribution in [0.15, 0.2) is 182 Å². The normalized spacial score (nSPS) is 11.9. The standard InChI is InChI=1S/C48H30N2S/c1-3-11-31(12-4-1)32-19-23-36(24-20-32)49-43-17-9-7-15-37(43)41-29-33(21-27-44(41)49)34-22-28-45-42(30-34)39-25-26-40-38-16-8-10-18-46(38)51-48(40)47(39)50(45)35-13-5-2-6-14-35/h1-30H. The fourth-order valence-corrected chi connectivity index (χ4v) is 9.41. The smallest absolute Gasteiger partial charge is 0.0719 e. The molecule has 8 aromatic carbocycles. The summed E-state index contributed by atoms with van der Waals surface area (Å²) in [6.07, 6.45) is 0. The molecule has 0 aliphatic heterocycles. The van der Waals surface area contributed by atoms with Gasteiger partial charge in [-0.25, -0.2) is 0 Å². The van der Waals surface area contributed by atoms with Crippen LogP contribution >= 0.6 is 11.3 Å². The molecule has 3 heterocycles. The molecule has 0 saturated carbocycles. The van der Waals surface area contributed by atoms with Crippen molar-refractivity contribution in [3.05, 3.63) is 182 Å². The highest BCUT2D eigenvalue weighted by molar-refractivity contribution is 7.26. The van der Waals surface area contributed by atoms with Crippen molar-refractivity contribution in [3.8, 4) is 33.6 Å². The lowest BCUT2D eigenvalue weighted by Gasteiger charge is -2.10. The van der Waals surface area contributed by atoms with Crippen molar-refractivity contribution in [1.29, 1.82) is 0 Å². The Hall–Kier alpha value is -6.42. The number of fused-ring (bicyclic) bond motifs is 10. The third kappa shape index (κ3) is 4.29. The zero-order valence-electron chi connectivity index (χ0n) is 27.6. The maximum absolute atomic E-state index is 2.46.